The van der Waals surface area contributed by atoms with Crippen LogP contribution in [0.5, 0.6) is 11.5 Å². The van der Waals surface area contributed by atoms with Gasteiger partial charge < -0.3 is 19.7 Å². The number of amides is 2. The smallest absolute Gasteiger partial charge is 0.229 e. The zero-order valence-corrected chi connectivity index (χ0v) is 16.1. The van der Waals surface area contributed by atoms with Crippen molar-refractivity contribution in [3.63, 3.8) is 0 Å². The van der Waals surface area contributed by atoms with Crippen molar-refractivity contribution < 1.29 is 19.1 Å². The first kappa shape index (κ1) is 19.5. The highest BCUT2D eigenvalue weighted by Crippen LogP contribution is 2.36. The zero-order valence-electron chi connectivity index (χ0n) is 15.4. The standard InChI is InChI=1S/C20H18ClN3O4/c1-27-17-9-16(18(28-2)8-15(17)21)23-20(26)13-7-19(25)24(11-13)14-5-3-12(10-22)4-6-14/h3-6,8-9,13H,7,11H2,1-2H3,(H,23,26). The Morgan fingerprint density at radius 1 is 1.21 bits per heavy atom. The van der Waals surface area contributed by atoms with E-state index in [9.17, 15) is 9.59 Å². The van der Waals surface area contributed by atoms with E-state index in [2.05, 4.69) is 5.32 Å². The van der Waals surface area contributed by atoms with Gasteiger partial charge in [-0.1, -0.05) is 11.6 Å². The molecule has 1 N–H and O–H groups in total. The summed E-state index contributed by atoms with van der Waals surface area (Å²) in [6.07, 6.45) is 0.0961. The second-order valence-corrected chi connectivity index (χ2v) is 6.65. The third-order valence-corrected chi connectivity index (χ3v) is 4.83. The second-order valence-electron chi connectivity index (χ2n) is 6.24. The summed E-state index contributed by atoms with van der Waals surface area (Å²) in [5, 5.41) is 12.0. The first-order valence-corrected chi connectivity index (χ1v) is 8.87. The first-order chi connectivity index (χ1) is 13.5. The number of hydrogen-bond donors (Lipinski definition) is 1. The average molecular weight is 400 g/mol. The molecule has 1 unspecified atom stereocenters. The van der Waals surface area contributed by atoms with Gasteiger partial charge >= 0.3 is 0 Å². The zero-order chi connectivity index (χ0) is 20.3. The maximum absolute atomic E-state index is 12.7. The summed E-state index contributed by atoms with van der Waals surface area (Å²) in [5.41, 5.74) is 1.58. The summed E-state index contributed by atoms with van der Waals surface area (Å²) in [7, 11) is 2.95. The monoisotopic (exact) mass is 399 g/mol. The molecular weight excluding hydrogens is 382 g/mol. The van der Waals surface area contributed by atoms with Gasteiger partial charge in [-0.2, -0.15) is 5.26 Å². The fourth-order valence-electron chi connectivity index (χ4n) is 3.04. The molecule has 2 aromatic carbocycles. The Balaban J connectivity index is 1.75. The van der Waals surface area contributed by atoms with Crippen molar-refractivity contribution in [3.8, 4) is 17.6 Å². The van der Waals surface area contributed by atoms with Gasteiger partial charge in [0.15, 0.2) is 0 Å². The largest absolute Gasteiger partial charge is 0.495 e. The normalized spacial score (nSPS) is 15.9. The van der Waals surface area contributed by atoms with Gasteiger partial charge in [-0.05, 0) is 24.3 Å². The molecule has 1 fully saturated rings. The molecule has 2 aromatic rings. The number of carbonyl (C=O) groups is 2. The van der Waals surface area contributed by atoms with Crippen LogP contribution in [-0.2, 0) is 9.59 Å². The molecule has 144 valence electrons. The Morgan fingerprint density at radius 3 is 2.50 bits per heavy atom. The number of anilines is 2. The molecule has 1 heterocycles. The molecule has 28 heavy (non-hydrogen) atoms. The van der Waals surface area contributed by atoms with E-state index in [1.54, 1.807) is 41.3 Å². The molecule has 2 amide bonds. The van der Waals surface area contributed by atoms with Crippen LogP contribution in [0.15, 0.2) is 36.4 Å². The maximum Gasteiger partial charge on any atom is 0.229 e. The van der Waals surface area contributed by atoms with E-state index < -0.39 is 5.92 Å². The van der Waals surface area contributed by atoms with Gasteiger partial charge in [0.05, 0.1) is 42.5 Å². The summed E-state index contributed by atoms with van der Waals surface area (Å²) in [5.74, 6) is -0.168. The third kappa shape index (κ3) is 3.87. The summed E-state index contributed by atoms with van der Waals surface area (Å²) in [6.45, 7) is 0.254. The predicted octanol–water partition coefficient (Wildman–Crippen LogP) is 3.22. The van der Waals surface area contributed by atoms with E-state index in [0.717, 1.165) is 0 Å². The number of methoxy groups -OCH3 is 2. The summed E-state index contributed by atoms with van der Waals surface area (Å²) in [6, 6.07) is 11.8. The van der Waals surface area contributed by atoms with Crippen molar-refractivity contribution in [1.29, 1.82) is 5.26 Å². The fraction of sp³-hybridized carbons (Fsp3) is 0.250. The van der Waals surface area contributed by atoms with Crippen molar-refractivity contribution in [2.75, 3.05) is 31.0 Å². The predicted molar refractivity (Wildman–Crippen MR) is 105 cm³/mol. The lowest BCUT2D eigenvalue weighted by atomic mass is 10.1. The van der Waals surface area contributed by atoms with Crippen LogP contribution >= 0.6 is 11.6 Å². The number of hydrogen-bond acceptors (Lipinski definition) is 5. The molecule has 0 aliphatic carbocycles. The lowest BCUT2D eigenvalue weighted by Gasteiger charge is -2.17. The Kier molecular flexibility index (Phi) is 5.71. The lowest BCUT2D eigenvalue weighted by Crippen LogP contribution is -2.28. The minimum atomic E-state index is -0.519. The number of benzene rings is 2. The van der Waals surface area contributed by atoms with Crippen LogP contribution < -0.4 is 19.7 Å². The van der Waals surface area contributed by atoms with E-state index in [4.69, 9.17) is 26.3 Å². The Hall–Kier alpha value is -3.24. The van der Waals surface area contributed by atoms with Crippen LogP contribution in [0.2, 0.25) is 5.02 Å². The SMILES string of the molecule is COc1cc(NC(=O)C2CC(=O)N(c3ccc(C#N)cc3)C2)c(OC)cc1Cl. The molecule has 0 spiro atoms. The van der Waals surface area contributed by atoms with Crippen LogP contribution in [-0.4, -0.2) is 32.6 Å². The Bertz CT molecular complexity index is 953. The van der Waals surface area contributed by atoms with Gasteiger partial charge in [0, 0.05) is 30.8 Å². The highest BCUT2D eigenvalue weighted by atomic mass is 35.5. The van der Waals surface area contributed by atoms with Gasteiger partial charge in [-0.15, -0.1) is 0 Å². The molecule has 1 aliphatic heterocycles. The molecule has 1 atom stereocenters. The van der Waals surface area contributed by atoms with Crippen molar-refractivity contribution >= 4 is 34.8 Å². The van der Waals surface area contributed by atoms with Crippen LogP contribution in [0.25, 0.3) is 0 Å². The van der Waals surface area contributed by atoms with E-state index in [1.165, 1.54) is 14.2 Å². The number of rotatable bonds is 5. The lowest BCUT2D eigenvalue weighted by molar-refractivity contribution is -0.122. The van der Waals surface area contributed by atoms with Crippen molar-refractivity contribution in [2.45, 2.75) is 6.42 Å². The number of nitriles is 1. The topological polar surface area (TPSA) is 91.7 Å². The van der Waals surface area contributed by atoms with E-state index >= 15 is 0 Å². The summed E-state index contributed by atoms with van der Waals surface area (Å²) in [4.78, 5) is 26.7. The molecule has 1 aliphatic rings. The van der Waals surface area contributed by atoms with Crippen LogP contribution in [0.4, 0.5) is 11.4 Å². The number of nitrogens with zero attached hydrogens (tertiary/aromatic N) is 2. The molecule has 8 heteroatoms. The van der Waals surface area contributed by atoms with Crippen molar-refractivity contribution in [1.82, 2.24) is 0 Å². The number of ether oxygens (including phenoxy) is 2. The molecule has 3 rings (SSSR count). The van der Waals surface area contributed by atoms with Gasteiger partial charge in [-0.25, -0.2) is 0 Å². The minimum Gasteiger partial charge on any atom is -0.495 e. The molecule has 0 saturated carbocycles. The molecule has 0 bridgehead atoms. The quantitative estimate of drug-likeness (QED) is 0.833. The third-order valence-electron chi connectivity index (χ3n) is 4.54. The Morgan fingerprint density at radius 2 is 1.89 bits per heavy atom. The molecule has 0 aromatic heterocycles. The second kappa shape index (κ2) is 8.19. The molecule has 1 saturated heterocycles. The summed E-state index contributed by atoms with van der Waals surface area (Å²) >= 11 is 6.08. The summed E-state index contributed by atoms with van der Waals surface area (Å²) < 4.78 is 10.4. The minimum absolute atomic E-state index is 0.0961. The average Bonchev–Trinajstić information content (AvgIpc) is 3.10. The highest BCUT2D eigenvalue weighted by molar-refractivity contribution is 6.32. The number of halogens is 1. The van der Waals surface area contributed by atoms with Gasteiger partial charge in [0.1, 0.15) is 11.5 Å². The number of carbonyl (C=O) groups excluding carboxylic acids is 2. The number of nitrogens with one attached hydrogen (secondary N) is 1. The molecule has 0 radical (unpaired) electrons. The van der Waals surface area contributed by atoms with Gasteiger partial charge in [-0.3, -0.25) is 9.59 Å². The van der Waals surface area contributed by atoms with Gasteiger partial charge in [0.2, 0.25) is 11.8 Å². The van der Waals surface area contributed by atoms with E-state index in [0.29, 0.717) is 33.5 Å². The van der Waals surface area contributed by atoms with Crippen LogP contribution in [0.3, 0.4) is 0 Å². The fourth-order valence-corrected chi connectivity index (χ4v) is 3.27. The first-order valence-electron chi connectivity index (χ1n) is 8.49. The van der Waals surface area contributed by atoms with Crippen LogP contribution in [0, 0.1) is 17.2 Å². The molecule has 7 nitrogen and oxygen atoms in total. The Labute approximate surface area is 167 Å². The van der Waals surface area contributed by atoms with Crippen molar-refractivity contribution in [3.05, 3.63) is 47.0 Å². The van der Waals surface area contributed by atoms with Crippen molar-refractivity contribution in [2.24, 2.45) is 5.92 Å². The highest BCUT2D eigenvalue weighted by Gasteiger charge is 2.35. The van der Waals surface area contributed by atoms with Crippen LogP contribution in [0.1, 0.15) is 12.0 Å². The van der Waals surface area contributed by atoms with Gasteiger partial charge in [0.25, 0.3) is 0 Å². The van der Waals surface area contributed by atoms with E-state index in [-0.39, 0.29) is 24.8 Å². The maximum atomic E-state index is 12.7. The molecular formula is C20H18ClN3O4. The van der Waals surface area contributed by atoms with E-state index in [1.807, 2.05) is 6.07 Å².